The van der Waals surface area contributed by atoms with E-state index in [9.17, 15) is 0 Å². The largest absolute Gasteiger partial charge is 0.368 e. The van der Waals surface area contributed by atoms with E-state index < -0.39 is 0 Å². The zero-order valence-corrected chi connectivity index (χ0v) is 11.9. The molecule has 0 spiro atoms. The fourth-order valence-electron chi connectivity index (χ4n) is 1.38. The van der Waals surface area contributed by atoms with Crippen LogP contribution in [0.2, 0.25) is 8.67 Å². The van der Waals surface area contributed by atoms with Crippen LogP contribution in [0.5, 0.6) is 0 Å². The molecule has 92 valence electrons. The van der Waals surface area contributed by atoms with Gasteiger partial charge in [0.2, 0.25) is 0 Å². The number of anilines is 1. The average molecular weight is 290 g/mol. The lowest BCUT2D eigenvalue weighted by Crippen LogP contribution is -2.07. The molecular formula is C11H13Cl2N3S. The Kier molecular flexibility index (Phi) is 3.97. The molecule has 0 unspecified atom stereocenters. The summed E-state index contributed by atoms with van der Waals surface area (Å²) in [5, 5.41) is 10.4. The third kappa shape index (κ3) is 3.15. The number of nitrogens with zero attached hydrogens (tertiary/aromatic N) is 1. The minimum atomic E-state index is 0.578. The highest BCUT2D eigenvalue weighted by atomic mass is 35.5. The van der Waals surface area contributed by atoms with Crippen LogP contribution in [-0.2, 0) is 0 Å². The van der Waals surface area contributed by atoms with Crippen LogP contribution in [-0.4, -0.2) is 16.7 Å². The number of nitrogens with one attached hydrogen (secondary N) is 2. The number of rotatable bonds is 4. The Morgan fingerprint density at radius 3 is 2.76 bits per heavy atom. The summed E-state index contributed by atoms with van der Waals surface area (Å²) in [4.78, 5) is 0. The standard InChI is InChI=1S/C11H13Cl2N3S/c1-6(2)5-14-10-4-8(15-16-10)7-3-9(12)17-11(7)13/h3-4,6H,5H2,1-2H3,(H2,14,15,16). The molecule has 3 nitrogen and oxygen atoms in total. The molecule has 0 bridgehead atoms. The van der Waals surface area contributed by atoms with E-state index in [1.54, 1.807) is 0 Å². The SMILES string of the molecule is CC(C)CNc1cc(-c2cc(Cl)sc2Cl)[nH]n1. The summed E-state index contributed by atoms with van der Waals surface area (Å²) in [5.41, 5.74) is 1.77. The maximum absolute atomic E-state index is 6.08. The molecule has 2 aromatic rings. The van der Waals surface area contributed by atoms with E-state index in [0.29, 0.717) is 14.6 Å². The van der Waals surface area contributed by atoms with E-state index in [2.05, 4.69) is 29.4 Å². The van der Waals surface area contributed by atoms with Gasteiger partial charge in [0, 0.05) is 18.2 Å². The molecule has 0 aliphatic rings. The van der Waals surface area contributed by atoms with Crippen LogP contribution in [0, 0.1) is 5.92 Å². The number of halogens is 2. The molecule has 0 fully saturated rings. The molecule has 6 heteroatoms. The van der Waals surface area contributed by atoms with Crippen LogP contribution < -0.4 is 5.32 Å². The van der Waals surface area contributed by atoms with Gasteiger partial charge in [0.05, 0.1) is 10.0 Å². The molecule has 2 rings (SSSR count). The first-order chi connectivity index (χ1) is 8.06. The van der Waals surface area contributed by atoms with Gasteiger partial charge in [-0.25, -0.2) is 0 Å². The normalized spacial score (nSPS) is 11.1. The van der Waals surface area contributed by atoms with Crippen molar-refractivity contribution in [3.05, 3.63) is 20.8 Å². The van der Waals surface area contributed by atoms with Crippen LogP contribution >= 0.6 is 34.5 Å². The quantitative estimate of drug-likeness (QED) is 0.869. The van der Waals surface area contributed by atoms with Crippen molar-refractivity contribution in [3.63, 3.8) is 0 Å². The first-order valence-electron chi connectivity index (χ1n) is 5.30. The van der Waals surface area contributed by atoms with Gasteiger partial charge in [0.25, 0.3) is 0 Å². The van der Waals surface area contributed by atoms with Gasteiger partial charge in [-0.2, -0.15) is 5.10 Å². The van der Waals surface area contributed by atoms with E-state index >= 15 is 0 Å². The summed E-state index contributed by atoms with van der Waals surface area (Å²) in [6, 6.07) is 3.78. The van der Waals surface area contributed by atoms with Crippen molar-refractivity contribution in [1.29, 1.82) is 0 Å². The zero-order valence-electron chi connectivity index (χ0n) is 9.55. The molecule has 0 saturated carbocycles. The second-order valence-corrected chi connectivity index (χ2v) is 6.47. The number of aromatic amines is 1. The lowest BCUT2D eigenvalue weighted by atomic mass is 10.2. The Bertz CT molecular complexity index is 505. The van der Waals surface area contributed by atoms with Crippen LogP contribution in [0.3, 0.4) is 0 Å². The molecule has 17 heavy (non-hydrogen) atoms. The van der Waals surface area contributed by atoms with E-state index in [1.165, 1.54) is 11.3 Å². The monoisotopic (exact) mass is 289 g/mol. The molecule has 0 aliphatic carbocycles. The van der Waals surface area contributed by atoms with Crippen LogP contribution in [0.4, 0.5) is 5.82 Å². The highest BCUT2D eigenvalue weighted by Gasteiger charge is 2.11. The summed E-state index contributed by atoms with van der Waals surface area (Å²) in [7, 11) is 0. The van der Waals surface area contributed by atoms with Gasteiger partial charge < -0.3 is 5.32 Å². The number of H-pyrrole nitrogens is 1. The van der Waals surface area contributed by atoms with Crippen LogP contribution in [0.1, 0.15) is 13.8 Å². The number of hydrogen-bond acceptors (Lipinski definition) is 3. The number of hydrogen-bond donors (Lipinski definition) is 2. The molecule has 0 aliphatic heterocycles. The molecule has 0 atom stereocenters. The smallest absolute Gasteiger partial charge is 0.148 e. The van der Waals surface area contributed by atoms with E-state index in [0.717, 1.165) is 23.6 Å². The topological polar surface area (TPSA) is 40.7 Å². The van der Waals surface area contributed by atoms with E-state index in [4.69, 9.17) is 23.2 Å². The first kappa shape index (κ1) is 12.7. The van der Waals surface area contributed by atoms with Crippen molar-refractivity contribution in [3.8, 4) is 11.3 Å². The fourth-order valence-corrected chi connectivity index (χ4v) is 2.87. The van der Waals surface area contributed by atoms with Crippen molar-refractivity contribution < 1.29 is 0 Å². The Morgan fingerprint density at radius 2 is 2.18 bits per heavy atom. The lowest BCUT2D eigenvalue weighted by Gasteiger charge is -2.04. The minimum Gasteiger partial charge on any atom is -0.368 e. The van der Waals surface area contributed by atoms with E-state index in [1.807, 2.05) is 12.1 Å². The van der Waals surface area contributed by atoms with Gasteiger partial charge in [-0.15, -0.1) is 11.3 Å². The van der Waals surface area contributed by atoms with Crippen molar-refractivity contribution in [2.75, 3.05) is 11.9 Å². The van der Waals surface area contributed by atoms with Crippen LogP contribution in [0.15, 0.2) is 12.1 Å². The molecule has 0 radical (unpaired) electrons. The zero-order chi connectivity index (χ0) is 12.4. The first-order valence-corrected chi connectivity index (χ1v) is 6.88. The van der Waals surface area contributed by atoms with Gasteiger partial charge in [-0.3, -0.25) is 5.10 Å². The van der Waals surface area contributed by atoms with Crippen molar-refractivity contribution in [2.45, 2.75) is 13.8 Å². The summed E-state index contributed by atoms with van der Waals surface area (Å²) in [6.45, 7) is 5.19. The summed E-state index contributed by atoms with van der Waals surface area (Å²) >= 11 is 13.3. The Balaban J connectivity index is 2.15. The number of aromatic nitrogens is 2. The second kappa shape index (κ2) is 5.29. The van der Waals surface area contributed by atoms with Gasteiger partial charge in [-0.1, -0.05) is 37.0 Å². The van der Waals surface area contributed by atoms with Gasteiger partial charge in [0.1, 0.15) is 10.2 Å². The summed E-state index contributed by atoms with van der Waals surface area (Å²) in [5.74, 6) is 1.40. The van der Waals surface area contributed by atoms with Crippen molar-refractivity contribution in [1.82, 2.24) is 10.2 Å². The summed E-state index contributed by atoms with van der Waals surface area (Å²) in [6.07, 6.45) is 0. The maximum Gasteiger partial charge on any atom is 0.148 e. The van der Waals surface area contributed by atoms with Gasteiger partial charge in [-0.05, 0) is 12.0 Å². The molecule has 2 heterocycles. The lowest BCUT2D eigenvalue weighted by molar-refractivity contribution is 0.687. The Hall–Kier alpha value is -0.710. The van der Waals surface area contributed by atoms with Crippen molar-refractivity contribution >= 4 is 40.4 Å². The highest BCUT2D eigenvalue weighted by molar-refractivity contribution is 7.20. The van der Waals surface area contributed by atoms with Gasteiger partial charge >= 0.3 is 0 Å². The van der Waals surface area contributed by atoms with Crippen LogP contribution in [0.25, 0.3) is 11.3 Å². The summed E-state index contributed by atoms with van der Waals surface area (Å²) < 4.78 is 1.35. The molecule has 2 N–H and O–H groups in total. The maximum atomic E-state index is 6.08. The number of thiophene rings is 1. The van der Waals surface area contributed by atoms with E-state index in [-0.39, 0.29) is 0 Å². The molecule has 0 aromatic carbocycles. The fraction of sp³-hybridized carbons (Fsp3) is 0.364. The minimum absolute atomic E-state index is 0.578. The Labute approximate surface area is 114 Å². The van der Waals surface area contributed by atoms with Gasteiger partial charge in [0.15, 0.2) is 0 Å². The molecule has 0 amide bonds. The predicted molar refractivity (Wildman–Crippen MR) is 75.2 cm³/mol. The molecule has 0 saturated heterocycles. The second-order valence-electron chi connectivity index (χ2n) is 4.18. The molecular weight excluding hydrogens is 277 g/mol. The average Bonchev–Trinajstić information content (AvgIpc) is 2.82. The molecule has 2 aromatic heterocycles. The third-order valence-electron chi connectivity index (χ3n) is 2.22. The van der Waals surface area contributed by atoms with Crippen molar-refractivity contribution in [2.24, 2.45) is 5.92 Å². The highest BCUT2D eigenvalue weighted by Crippen LogP contribution is 2.37. The third-order valence-corrected chi connectivity index (χ3v) is 3.70. The Morgan fingerprint density at radius 1 is 1.41 bits per heavy atom. The predicted octanol–water partition coefficient (Wildman–Crippen LogP) is 4.51.